The van der Waals surface area contributed by atoms with Gasteiger partial charge < -0.3 is 0 Å². The van der Waals surface area contributed by atoms with Gasteiger partial charge in [-0.3, -0.25) is 14.9 Å². The topological polar surface area (TPSA) is 60.2 Å². The van der Waals surface area contributed by atoms with Crippen molar-refractivity contribution >= 4 is 23.3 Å². The molecule has 1 heterocycles. The molecule has 0 bridgehead atoms. The van der Waals surface area contributed by atoms with Gasteiger partial charge in [-0.1, -0.05) is 12.1 Å². The fourth-order valence-electron chi connectivity index (χ4n) is 1.50. The minimum absolute atomic E-state index is 0.0176. The zero-order valence-electron chi connectivity index (χ0n) is 8.12. The Bertz CT molecular complexity index is 548. The Morgan fingerprint density at radius 1 is 1.19 bits per heavy atom. The van der Waals surface area contributed by atoms with Gasteiger partial charge in [-0.25, -0.2) is 0 Å². The number of benzene rings is 1. The number of carbonyl (C=O) groups is 1. The lowest BCUT2D eigenvalue weighted by Crippen LogP contribution is -1.91. The quantitative estimate of drug-likeness (QED) is 0.465. The lowest BCUT2D eigenvalue weighted by molar-refractivity contribution is -0.384. The first-order chi connectivity index (χ1) is 7.74. The molecule has 0 atom stereocenters. The van der Waals surface area contributed by atoms with Crippen molar-refractivity contribution in [2.75, 3.05) is 0 Å². The van der Waals surface area contributed by atoms with Gasteiger partial charge in [0.25, 0.3) is 5.69 Å². The summed E-state index contributed by atoms with van der Waals surface area (Å²) in [5, 5.41) is 12.6. The smallest absolute Gasteiger partial charge is 0.277 e. The number of aldehydes is 1. The molecule has 0 spiro atoms. The second kappa shape index (κ2) is 4.24. The molecule has 0 saturated heterocycles. The van der Waals surface area contributed by atoms with Crippen molar-refractivity contribution in [1.29, 1.82) is 0 Å². The molecule has 2 aromatic rings. The van der Waals surface area contributed by atoms with Crippen molar-refractivity contribution in [3.8, 4) is 11.1 Å². The van der Waals surface area contributed by atoms with Gasteiger partial charge in [-0.05, 0) is 17.5 Å². The van der Waals surface area contributed by atoms with Gasteiger partial charge in [-0.2, -0.15) is 0 Å². The highest BCUT2D eigenvalue weighted by molar-refractivity contribution is 7.12. The molecule has 4 nitrogen and oxygen atoms in total. The largest absolute Gasteiger partial charge is 0.297 e. The fraction of sp³-hybridized carbons (Fsp3) is 0. The van der Waals surface area contributed by atoms with E-state index in [1.54, 1.807) is 29.6 Å². The average Bonchev–Trinajstić information content (AvgIpc) is 2.76. The third-order valence-corrected chi connectivity index (χ3v) is 3.04. The summed E-state index contributed by atoms with van der Waals surface area (Å²) < 4.78 is 0. The summed E-state index contributed by atoms with van der Waals surface area (Å²) in [5.41, 5.74) is 1.12. The van der Waals surface area contributed by atoms with Crippen LogP contribution >= 0.6 is 11.3 Å². The Morgan fingerprint density at radius 2 is 1.94 bits per heavy atom. The number of nitrogens with zero attached hydrogens (tertiary/aromatic N) is 1. The van der Waals surface area contributed by atoms with Crippen molar-refractivity contribution < 1.29 is 9.72 Å². The summed E-state index contributed by atoms with van der Waals surface area (Å²) >= 11 is 1.27. The molecule has 16 heavy (non-hydrogen) atoms. The van der Waals surface area contributed by atoms with Crippen LogP contribution in [0.1, 0.15) is 9.67 Å². The first-order valence-electron chi connectivity index (χ1n) is 4.50. The van der Waals surface area contributed by atoms with Crippen molar-refractivity contribution in [3.63, 3.8) is 0 Å². The van der Waals surface area contributed by atoms with E-state index in [0.29, 0.717) is 16.0 Å². The maximum atomic E-state index is 10.8. The van der Waals surface area contributed by atoms with Gasteiger partial charge in [0, 0.05) is 11.6 Å². The molecule has 0 aliphatic carbocycles. The van der Waals surface area contributed by atoms with Crippen molar-refractivity contribution in [2.24, 2.45) is 0 Å². The Hall–Kier alpha value is -2.01. The van der Waals surface area contributed by atoms with E-state index in [9.17, 15) is 14.9 Å². The van der Waals surface area contributed by atoms with E-state index in [4.69, 9.17) is 0 Å². The number of hydrogen-bond acceptors (Lipinski definition) is 4. The molecular formula is C11H7NO3S. The molecule has 80 valence electrons. The Morgan fingerprint density at radius 3 is 2.62 bits per heavy atom. The van der Waals surface area contributed by atoms with E-state index in [-0.39, 0.29) is 5.69 Å². The molecule has 5 heteroatoms. The van der Waals surface area contributed by atoms with Crippen LogP contribution < -0.4 is 0 Å². The predicted molar refractivity (Wildman–Crippen MR) is 61.8 cm³/mol. The van der Waals surface area contributed by atoms with Crippen LogP contribution in [0.4, 0.5) is 5.69 Å². The Labute approximate surface area is 95.3 Å². The van der Waals surface area contributed by atoms with E-state index in [1.165, 1.54) is 17.4 Å². The first-order valence-corrected chi connectivity index (χ1v) is 5.38. The molecule has 0 N–H and O–H groups in total. The third kappa shape index (κ3) is 1.72. The van der Waals surface area contributed by atoms with Crippen LogP contribution in [0.5, 0.6) is 0 Å². The van der Waals surface area contributed by atoms with E-state index >= 15 is 0 Å². The fourth-order valence-corrected chi connectivity index (χ4v) is 2.21. The maximum Gasteiger partial charge on any atom is 0.277 e. The molecule has 0 amide bonds. The van der Waals surface area contributed by atoms with Gasteiger partial charge in [0.2, 0.25) is 0 Å². The zero-order valence-corrected chi connectivity index (χ0v) is 8.94. The van der Waals surface area contributed by atoms with E-state index in [0.717, 1.165) is 6.29 Å². The zero-order chi connectivity index (χ0) is 11.5. The number of thiophene rings is 1. The van der Waals surface area contributed by atoms with Crippen molar-refractivity contribution in [2.45, 2.75) is 0 Å². The van der Waals surface area contributed by atoms with Crippen molar-refractivity contribution in [3.05, 3.63) is 50.7 Å². The SMILES string of the molecule is O=Cc1sccc1-c1ccccc1[N+](=O)[O-]. The molecular weight excluding hydrogens is 226 g/mol. The highest BCUT2D eigenvalue weighted by Gasteiger charge is 2.17. The summed E-state index contributed by atoms with van der Waals surface area (Å²) in [5.74, 6) is 0. The lowest BCUT2D eigenvalue weighted by atomic mass is 10.1. The van der Waals surface area contributed by atoms with Crippen LogP contribution in [0.2, 0.25) is 0 Å². The molecule has 1 aromatic carbocycles. The summed E-state index contributed by atoms with van der Waals surface area (Å²) in [6.45, 7) is 0. The Kier molecular flexibility index (Phi) is 2.78. The number of nitro groups is 1. The summed E-state index contributed by atoms with van der Waals surface area (Å²) in [4.78, 5) is 21.7. The van der Waals surface area contributed by atoms with Crippen LogP contribution in [-0.2, 0) is 0 Å². The van der Waals surface area contributed by atoms with Crippen LogP contribution in [0.25, 0.3) is 11.1 Å². The minimum Gasteiger partial charge on any atom is -0.297 e. The number of nitro benzene ring substituents is 1. The summed E-state index contributed by atoms with van der Waals surface area (Å²) in [6, 6.07) is 8.12. The van der Waals surface area contributed by atoms with Gasteiger partial charge >= 0.3 is 0 Å². The van der Waals surface area contributed by atoms with E-state index in [1.807, 2.05) is 0 Å². The van der Waals surface area contributed by atoms with Gasteiger partial charge in [0.05, 0.1) is 15.4 Å². The Balaban J connectivity index is 2.64. The molecule has 0 fully saturated rings. The van der Waals surface area contributed by atoms with Crippen LogP contribution in [-0.4, -0.2) is 11.2 Å². The van der Waals surface area contributed by atoms with E-state index in [2.05, 4.69) is 0 Å². The maximum absolute atomic E-state index is 10.8. The monoisotopic (exact) mass is 233 g/mol. The minimum atomic E-state index is -0.443. The second-order valence-electron chi connectivity index (χ2n) is 3.09. The lowest BCUT2D eigenvalue weighted by Gasteiger charge is -2.00. The number of carbonyl (C=O) groups excluding carboxylic acids is 1. The van der Waals surface area contributed by atoms with Gasteiger partial charge in [0.15, 0.2) is 6.29 Å². The standard InChI is InChI=1S/C11H7NO3S/c13-7-11-9(5-6-16-11)8-3-1-2-4-10(8)12(14)15/h1-7H. The molecule has 1 aromatic heterocycles. The van der Waals surface area contributed by atoms with E-state index < -0.39 is 4.92 Å². The van der Waals surface area contributed by atoms with Crippen molar-refractivity contribution in [1.82, 2.24) is 0 Å². The van der Waals surface area contributed by atoms with Crippen LogP contribution in [0.3, 0.4) is 0 Å². The summed E-state index contributed by atoms with van der Waals surface area (Å²) in [6.07, 6.45) is 0.719. The van der Waals surface area contributed by atoms with Gasteiger partial charge in [-0.15, -0.1) is 11.3 Å². The second-order valence-corrected chi connectivity index (χ2v) is 4.04. The average molecular weight is 233 g/mol. The van der Waals surface area contributed by atoms with Gasteiger partial charge in [0.1, 0.15) is 0 Å². The third-order valence-electron chi connectivity index (χ3n) is 2.19. The van der Waals surface area contributed by atoms with Crippen LogP contribution in [0.15, 0.2) is 35.7 Å². The van der Waals surface area contributed by atoms with Crippen LogP contribution in [0, 0.1) is 10.1 Å². The number of rotatable bonds is 3. The molecule has 2 rings (SSSR count). The first kappa shape index (κ1) is 10.5. The normalized spacial score (nSPS) is 10.0. The number of para-hydroxylation sites is 1. The molecule has 0 aliphatic heterocycles. The molecule has 0 aliphatic rings. The summed E-state index contributed by atoms with van der Waals surface area (Å²) in [7, 11) is 0. The highest BCUT2D eigenvalue weighted by atomic mass is 32.1. The molecule has 0 unspecified atom stereocenters. The molecule has 0 radical (unpaired) electrons. The number of hydrogen-bond donors (Lipinski definition) is 0. The highest BCUT2D eigenvalue weighted by Crippen LogP contribution is 2.33. The predicted octanol–water partition coefficient (Wildman–Crippen LogP) is 3.14. The molecule has 0 saturated carbocycles.